The van der Waals surface area contributed by atoms with Crippen LogP contribution < -0.4 is 14.8 Å². The number of hydrogen-bond donors (Lipinski definition) is 1. The highest BCUT2D eigenvalue weighted by atomic mass is 32.2. The minimum absolute atomic E-state index is 0.191. The number of carbonyl (C=O) groups excluding carboxylic acids is 1. The molecule has 0 bridgehead atoms. The third kappa shape index (κ3) is 3.44. The molecular weight excluding hydrogens is 404 g/mol. The Morgan fingerprint density at radius 2 is 1.77 bits per heavy atom. The van der Waals surface area contributed by atoms with E-state index in [9.17, 15) is 13.2 Å². The van der Waals surface area contributed by atoms with E-state index in [1.54, 1.807) is 18.2 Å². The lowest BCUT2D eigenvalue weighted by atomic mass is 9.95. The van der Waals surface area contributed by atoms with Gasteiger partial charge in [0.05, 0.1) is 6.26 Å². The number of amides is 1. The van der Waals surface area contributed by atoms with Crippen LogP contribution in [0.5, 0.6) is 11.5 Å². The molecule has 1 fully saturated rings. The number of benzene rings is 2. The van der Waals surface area contributed by atoms with E-state index in [-0.39, 0.29) is 12.5 Å². The van der Waals surface area contributed by atoms with Crippen molar-refractivity contribution in [3.05, 3.63) is 53.6 Å². The highest BCUT2D eigenvalue weighted by Gasteiger charge is 2.44. The van der Waals surface area contributed by atoms with Gasteiger partial charge in [0.15, 0.2) is 11.5 Å². The van der Waals surface area contributed by atoms with Gasteiger partial charge in [-0.3, -0.25) is 4.79 Å². The zero-order valence-electron chi connectivity index (χ0n) is 16.8. The number of hydrogen-bond acceptors (Lipinski definition) is 5. The topological polar surface area (TPSA) is 84.9 Å². The molecule has 30 heavy (non-hydrogen) atoms. The van der Waals surface area contributed by atoms with Gasteiger partial charge in [-0.05, 0) is 42.5 Å². The highest BCUT2D eigenvalue weighted by molar-refractivity contribution is 7.88. The quantitative estimate of drug-likeness (QED) is 0.812. The molecule has 5 rings (SSSR count). The van der Waals surface area contributed by atoms with E-state index in [0.29, 0.717) is 23.6 Å². The maximum Gasteiger partial charge on any atom is 0.251 e. The summed E-state index contributed by atoms with van der Waals surface area (Å²) in [4.78, 5) is 13.1. The molecule has 158 valence electrons. The van der Waals surface area contributed by atoms with Crippen LogP contribution >= 0.6 is 0 Å². The normalized spacial score (nSPS) is 22.1. The van der Waals surface area contributed by atoms with Gasteiger partial charge in [0.1, 0.15) is 6.04 Å². The minimum atomic E-state index is -3.55. The van der Waals surface area contributed by atoms with Crippen LogP contribution in [0, 0.1) is 0 Å². The molecule has 1 saturated carbocycles. The molecule has 2 aliphatic heterocycles. The third-order valence-electron chi connectivity index (χ3n) is 6.10. The lowest BCUT2D eigenvalue weighted by Gasteiger charge is -2.34. The Morgan fingerprint density at radius 3 is 2.50 bits per heavy atom. The summed E-state index contributed by atoms with van der Waals surface area (Å²) in [6.45, 7) is 0.191. The molecule has 3 aliphatic rings. The maximum absolute atomic E-state index is 13.1. The lowest BCUT2D eigenvalue weighted by Crippen LogP contribution is -2.50. The Kier molecular flexibility index (Phi) is 4.52. The second-order valence-electron chi connectivity index (χ2n) is 8.27. The van der Waals surface area contributed by atoms with Crippen LogP contribution in [-0.2, 0) is 27.8 Å². The van der Waals surface area contributed by atoms with E-state index in [4.69, 9.17) is 9.47 Å². The number of rotatable bonds is 3. The van der Waals surface area contributed by atoms with Crippen LogP contribution in [0.2, 0.25) is 0 Å². The van der Waals surface area contributed by atoms with Crippen molar-refractivity contribution in [1.82, 2.24) is 4.31 Å². The van der Waals surface area contributed by atoms with Crippen molar-refractivity contribution in [2.75, 3.05) is 11.6 Å². The summed E-state index contributed by atoms with van der Waals surface area (Å²) in [5.41, 5.74) is 2.48. The molecule has 7 nitrogen and oxygen atoms in total. The molecular formula is C22H24N2O5S. The van der Waals surface area contributed by atoms with E-state index in [2.05, 4.69) is 5.32 Å². The smallest absolute Gasteiger partial charge is 0.251 e. The second kappa shape index (κ2) is 6.99. The van der Waals surface area contributed by atoms with Gasteiger partial charge in [0.25, 0.3) is 5.79 Å². The first kappa shape index (κ1) is 19.4. The van der Waals surface area contributed by atoms with Crippen molar-refractivity contribution in [1.29, 1.82) is 0 Å². The summed E-state index contributed by atoms with van der Waals surface area (Å²) in [5, 5.41) is 2.87. The molecule has 8 heteroatoms. The van der Waals surface area contributed by atoms with E-state index in [0.717, 1.165) is 43.1 Å². The number of fused-ring (bicyclic) bond motifs is 2. The highest BCUT2D eigenvalue weighted by Crippen LogP contribution is 2.47. The van der Waals surface area contributed by atoms with Gasteiger partial charge in [-0.1, -0.05) is 24.3 Å². The molecule has 2 aromatic carbocycles. The van der Waals surface area contributed by atoms with Crippen LogP contribution in [0.25, 0.3) is 0 Å². The summed E-state index contributed by atoms with van der Waals surface area (Å²) in [7, 11) is -3.55. The Bertz CT molecular complexity index is 1110. The molecule has 0 aromatic heterocycles. The first-order chi connectivity index (χ1) is 14.3. The molecule has 1 unspecified atom stereocenters. The third-order valence-corrected chi connectivity index (χ3v) is 7.34. The molecule has 1 atom stereocenters. The van der Waals surface area contributed by atoms with Crippen molar-refractivity contribution < 1.29 is 22.7 Å². The zero-order chi connectivity index (χ0) is 20.9. The van der Waals surface area contributed by atoms with Crippen LogP contribution in [0.1, 0.15) is 36.8 Å². The van der Waals surface area contributed by atoms with Crippen LogP contribution in [0.15, 0.2) is 42.5 Å². The predicted octanol–water partition coefficient (Wildman–Crippen LogP) is 3.05. The first-order valence-corrected chi connectivity index (χ1v) is 12.0. The van der Waals surface area contributed by atoms with Crippen molar-refractivity contribution in [3.8, 4) is 11.5 Å². The SMILES string of the molecule is CS(=O)(=O)N1Cc2ccccc2CC1C(=O)Nc1ccc2c(c1)OC1(CCCC1)O2. The Morgan fingerprint density at radius 1 is 1.07 bits per heavy atom. The molecule has 1 N–H and O–H groups in total. The van der Waals surface area contributed by atoms with Gasteiger partial charge in [-0.2, -0.15) is 4.31 Å². The first-order valence-electron chi connectivity index (χ1n) is 10.2. The summed E-state index contributed by atoms with van der Waals surface area (Å²) >= 11 is 0. The molecule has 1 aliphatic carbocycles. The number of carbonyl (C=O) groups is 1. The van der Waals surface area contributed by atoms with Gasteiger partial charge in [0.2, 0.25) is 15.9 Å². The van der Waals surface area contributed by atoms with Gasteiger partial charge in [-0.15, -0.1) is 0 Å². The Labute approximate surface area is 176 Å². The van der Waals surface area contributed by atoms with Crippen LogP contribution in [0.4, 0.5) is 5.69 Å². The van der Waals surface area contributed by atoms with Crippen LogP contribution in [-0.4, -0.2) is 36.7 Å². The van der Waals surface area contributed by atoms with E-state index >= 15 is 0 Å². The summed E-state index contributed by atoms with van der Waals surface area (Å²) in [6.07, 6.45) is 5.33. The average molecular weight is 429 g/mol. The van der Waals surface area contributed by atoms with E-state index < -0.39 is 21.9 Å². The van der Waals surface area contributed by atoms with Crippen LogP contribution in [0.3, 0.4) is 0 Å². The van der Waals surface area contributed by atoms with Gasteiger partial charge in [0, 0.05) is 31.1 Å². The van der Waals surface area contributed by atoms with Crippen molar-refractivity contribution >= 4 is 21.6 Å². The van der Waals surface area contributed by atoms with Crippen molar-refractivity contribution in [2.45, 2.75) is 50.5 Å². The van der Waals surface area contributed by atoms with E-state index in [1.807, 2.05) is 24.3 Å². The molecule has 2 heterocycles. The molecule has 0 saturated heterocycles. The van der Waals surface area contributed by atoms with Gasteiger partial charge in [-0.25, -0.2) is 8.42 Å². The molecule has 0 radical (unpaired) electrons. The van der Waals surface area contributed by atoms with Crippen molar-refractivity contribution in [2.24, 2.45) is 0 Å². The Balaban J connectivity index is 1.37. The molecule has 1 spiro atoms. The summed E-state index contributed by atoms with van der Waals surface area (Å²) in [5.74, 6) is 0.373. The molecule has 2 aromatic rings. The predicted molar refractivity (Wildman–Crippen MR) is 112 cm³/mol. The van der Waals surface area contributed by atoms with E-state index in [1.165, 1.54) is 4.31 Å². The fraction of sp³-hybridized carbons (Fsp3) is 0.409. The van der Waals surface area contributed by atoms with Crippen molar-refractivity contribution in [3.63, 3.8) is 0 Å². The second-order valence-corrected chi connectivity index (χ2v) is 10.2. The van der Waals surface area contributed by atoms with Gasteiger partial charge < -0.3 is 14.8 Å². The zero-order valence-corrected chi connectivity index (χ0v) is 17.6. The number of ether oxygens (including phenoxy) is 2. The number of sulfonamides is 1. The number of nitrogens with zero attached hydrogens (tertiary/aromatic N) is 1. The summed E-state index contributed by atoms with van der Waals surface area (Å²) < 4.78 is 38.1. The fourth-order valence-electron chi connectivity index (χ4n) is 4.59. The fourth-order valence-corrected chi connectivity index (χ4v) is 5.59. The summed E-state index contributed by atoms with van der Waals surface area (Å²) in [6, 6.07) is 12.1. The number of anilines is 1. The average Bonchev–Trinajstić information content (AvgIpc) is 3.31. The minimum Gasteiger partial charge on any atom is -0.448 e. The monoisotopic (exact) mass is 428 g/mol. The lowest BCUT2D eigenvalue weighted by molar-refractivity contribution is -0.120. The van der Waals surface area contributed by atoms with Gasteiger partial charge >= 0.3 is 0 Å². The standard InChI is InChI=1S/C22H24N2O5S/c1-30(26,27)24-14-16-7-3-2-6-15(16)12-18(24)21(25)23-17-8-9-19-20(13-17)29-22(28-19)10-4-5-11-22/h2-3,6-9,13,18H,4-5,10-12,14H2,1H3,(H,23,25). The largest absolute Gasteiger partial charge is 0.448 e. The molecule has 1 amide bonds. The maximum atomic E-state index is 13.1. The number of nitrogens with one attached hydrogen (secondary N) is 1. The Hall–Kier alpha value is -2.58.